The summed E-state index contributed by atoms with van der Waals surface area (Å²) in [6.45, 7) is 8.00. The van der Waals surface area contributed by atoms with E-state index in [1.807, 2.05) is 4.90 Å². The molecule has 0 aromatic carbocycles. The van der Waals surface area contributed by atoms with Gasteiger partial charge in [-0.05, 0) is 39.7 Å². The van der Waals surface area contributed by atoms with Gasteiger partial charge >= 0.3 is 0 Å². The van der Waals surface area contributed by atoms with Crippen LogP contribution in [0.25, 0.3) is 0 Å². The maximum atomic E-state index is 12.4. The van der Waals surface area contributed by atoms with Crippen LogP contribution in [0.1, 0.15) is 62.3 Å². The van der Waals surface area contributed by atoms with Crippen LogP contribution in [0.4, 0.5) is 5.88 Å². The van der Waals surface area contributed by atoms with E-state index in [-0.39, 0.29) is 30.2 Å². The minimum atomic E-state index is -0.231. The number of carbonyl (C=O) groups is 2. The van der Waals surface area contributed by atoms with Gasteiger partial charge in [0.05, 0.1) is 12.5 Å². The Morgan fingerprint density at radius 1 is 1.29 bits per heavy atom. The summed E-state index contributed by atoms with van der Waals surface area (Å²) in [4.78, 5) is 26.8. The number of hydrogen-bond acceptors (Lipinski definition) is 5. The summed E-state index contributed by atoms with van der Waals surface area (Å²) in [7, 11) is 0. The smallest absolute Gasteiger partial charge is 0.240 e. The van der Waals surface area contributed by atoms with E-state index < -0.39 is 0 Å². The second-order valence-corrected chi connectivity index (χ2v) is 7.57. The number of nitrogens with zero attached hydrogens (tertiary/aromatic N) is 2. The number of carbonyl (C=O) groups excluding carboxylic acids is 2. The van der Waals surface area contributed by atoms with Crippen LogP contribution >= 0.6 is 0 Å². The molecule has 1 fully saturated rings. The lowest BCUT2D eigenvalue weighted by atomic mass is 9.97. The first-order valence-corrected chi connectivity index (χ1v) is 10.3. The van der Waals surface area contributed by atoms with Gasteiger partial charge in [-0.1, -0.05) is 26.2 Å². The molecule has 1 aliphatic heterocycles. The first kappa shape index (κ1) is 22.0. The number of aryl methyl sites for hydroxylation is 1. The molecular weight excluding hydrogens is 356 g/mol. The van der Waals surface area contributed by atoms with Crippen LogP contribution in [0.3, 0.4) is 0 Å². The van der Waals surface area contributed by atoms with Gasteiger partial charge in [-0.2, -0.15) is 5.26 Å². The summed E-state index contributed by atoms with van der Waals surface area (Å²) < 4.78 is 5.49. The molecule has 0 bridgehead atoms. The van der Waals surface area contributed by atoms with Crippen molar-refractivity contribution >= 4 is 17.7 Å². The number of hydrogen-bond donors (Lipinski definition) is 2. The van der Waals surface area contributed by atoms with Gasteiger partial charge in [-0.15, -0.1) is 0 Å². The summed E-state index contributed by atoms with van der Waals surface area (Å²) in [5.74, 6) is 0.619. The molecule has 7 heteroatoms. The van der Waals surface area contributed by atoms with E-state index in [1.165, 1.54) is 12.8 Å². The Labute approximate surface area is 167 Å². The Hall–Kier alpha value is -2.33. The van der Waals surface area contributed by atoms with E-state index in [4.69, 9.17) is 4.42 Å². The largest absolute Gasteiger partial charge is 0.444 e. The highest BCUT2D eigenvalue weighted by Crippen LogP contribution is 2.25. The first-order valence-electron chi connectivity index (χ1n) is 10.3. The van der Waals surface area contributed by atoms with Crippen molar-refractivity contribution in [1.82, 2.24) is 10.2 Å². The fraction of sp³-hybridized carbons (Fsp3) is 0.667. The lowest BCUT2D eigenvalue weighted by Crippen LogP contribution is -2.45. The highest BCUT2D eigenvalue weighted by molar-refractivity contribution is 5.92. The van der Waals surface area contributed by atoms with Crippen molar-refractivity contribution in [3.8, 4) is 6.07 Å². The van der Waals surface area contributed by atoms with E-state index in [9.17, 15) is 14.9 Å². The molecule has 7 nitrogen and oxygen atoms in total. The molecule has 0 saturated carbocycles. The fourth-order valence-electron chi connectivity index (χ4n) is 3.54. The number of furan rings is 1. The SMILES string of the molecule is CCCCCCNC(=O)C1CCCN(CC(=O)Nc2oc(C)c(C)c2C#N)C1. The molecule has 2 rings (SSSR count). The van der Waals surface area contributed by atoms with Crippen LogP contribution in [-0.2, 0) is 9.59 Å². The van der Waals surface area contributed by atoms with Crippen LogP contribution in [-0.4, -0.2) is 42.9 Å². The molecule has 0 radical (unpaired) electrons. The molecule has 1 aromatic heterocycles. The molecule has 0 spiro atoms. The number of piperidine rings is 1. The molecule has 0 aliphatic carbocycles. The fourth-order valence-corrected chi connectivity index (χ4v) is 3.54. The number of rotatable bonds is 9. The topological polar surface area (TPSA) is 98.4 Å². The summed E-state index contributed by atoms with van der Waals surface area (Å²) in [5.41, 5.74) is 1.11. The Morgan fingerprint density at radius 2 is 2.07 bits per heavy atom. The van der Waals surface area contributed by atoms with Gasteiger partial charge in [-0.25, -0.2) is 0 Å². The normalized spacial score (nSPS) is 17.1. The number of amides is 2. The summed E-state index contributed by atoms with van der Waals surface area (Å²) in [6, 6.07) is 2.07. The van der Waals surface area contributed by atoms with Crippen LogP contribution in [0.5, 0.6) is 0 Å². The average molecular weight is 389 g/mol. The Kier molecular flexibility index (Phi) is 8.52. The molecule has 1 unspecified atom stereocenters. The van der Waals surface area contributed by atoms with Crippen molar-refractivity contribution in [2.45, 2.75) is 59.3 Å². The molecule has 1 atom stereocenters. The van der Waals surface area contributed by atoms with E-state index in [2.05, 4.69) is 23.6 Å². The average Bonchev–Trinajstić information content (AvgIpc) is 2.94. The number of nitriles is 1. The van der Waals surface area contributed by atoms with Crippen LogP contribution in [0.15, 0.2) is 4.42 Å². The predicted octanol–water partition coefficient (Wildman–Crippen LogP) is 3.12. The number of nitrogens with one attached hydrogen (secondary N) is 2. The molecule has 28 heavy (non-hydrogen) atoms. The van der Waals surface area contributed by atoms with Gasteiger partial charge < -0.3 is 9.73 Å². The number of likely N-dealkylation sites (tertiary alicyclic amines) is 1. The van der Waals surface area contributed by atoms with E-state index >= 15 is 0 Å². The lowest BCUT2D eigenvalue weighted by molar-refractivity contribution is -0.128. The Bertz CT molecular complexity index is 720. The monoisotopic (exact) mass is 388 g/mol. The van der Waals surface area contributed by atoms with Gasteiger partial charge in [0.2, 0.25) is 17.7 Å². The van der Waals surface area contributed by atoms with Gasteiger partial charge in [0, 0.05) is 18.7 Å². The third-order valence-corrected chi connectivity index (χ3v) is 5.32. The zero-order chi connectivity index (χ0) is 20.5. The van der Waals surface area contributed by atoms with Crippen LogP contribution in [0, 0.1) is 31.1 Å². The third kappa shape index (κ3) is 6.10. The van der Waals surface area contributed by atoms with Crippen LogP contribution < -0.4 is 10.6 Å². The van der Waals surface area contributed by atoms with E-state index in [0.29, 0.717) is 17.9 Å². The number of unbranched alkanes of at least 4 members (excludes halogenated alkanes) is 3. The second-order valence-electron chi connectivity index (χ2n) is 7.57. The zero-order valence-corrected chi connectivity index (χ0v) is 17.3. The Balaban J connectivity index is 1.81. The van der Waals surface area contributed by atoms with Crippen molar-refractivity contribution in [2.24, 2.45) is 5.92 Å². The third-order valence-electron chi connectivity index (χ3n) is 5.32. The lowest BCUT2D eigenvalue weighted by Gasteiger charge is -2.31. The van der Waals surface area contributed by atoms with E-state index in [0.717, 1.165) is 44.3 Å². The van der Waals surface area contributed by atoms with Crippen molar-refractivity contribution in [2.75, 3.05) is 31.5 Å². The highest BCUT2D eigenvalue weighted by atomic mass is 16.4. The van der Waals surface area contributed by atoms with Gasteiger partial charge in [0.25, 0.3) is 0 Å². The van der Waals surface area contributed by atoms with Crippen molar-refractivity contribution in [3.63, 3.8) is 0 Å². The van der Waals surface area contributed by atoms with Crippen molar-refractivity contribution in [3.05, 3.63) is 16.9 Å². The summed E-state index contributed by atoms with van der Waals surface area (Å²) >= 11 is 0. The standard InChI is InChI=1S/C21H32N4O3/c1-4-5-6-7-10-23-20(27)17-9-8-11-25(13-17)14-19(26)24-21-18(12-22)15(2)16(3)28-21/h17H,4-11,13-14H2,1-3H3,(H,23,27)(H,24,26). The zero-order valence-electron chi connectivity index (χ0n) is 17.3. The maximum absolute atomic E-state index is 12.4. The quantitative estimate of drug-likeness (QED) is 0.633. The van der Waals surface area contributed by atoms with Gasteiger partial charge in [0.1, 0.15) is 17.4 Å². The van der Waals surface area contributed by atoms with Crippen molar-refractivity contribution in [1.29, 1.82) is 5.26 Å². The summed E-state index contributed by atoms with van der Waals surface area (Å²) in [5, 5.41) is 15.0. The molecule has 1 saturated heterocycles. The van der Waals surface area contributed by atoms with Crippen molar-refractivity contribution < 1.29 is 14.0 Å². The molecule has 1 aromatic rings. The minimum absolute atomic E-state index is 0.0736. The molecular formula is C21H32N4O3. The molecule has 2 heterocycles. The highest BCUT2D eigenvalue weighted by Gasteiger charge is 2.27. The van der Waals surface area contributed by atoms with Gasteiger partial charge in [-0.3, -0.25) is 19.8 Å². The molecule has 154 valence electrons. The second kappa shape index (κ2) is 10.9. The molecule has 1 aliphatic rings. The van der Waals surface area contributed by atoms with Crippen LogP contribution in [0.2, 0.25) is 0 Å². The molecule has 2 amide bonds. The Morgan fingerprint density at radius 3 is 2.79 bits per heavy atom. The maximum Gasteiger partial charge on any atom is 0.240 e. The number of anilines is 1. The van der Waals surface area contributed by atoms with E-state index in [1.54, 1.807) is 13.8 Å². The first-order chi connectivity index (χ1) is 13.5. The predicted molar refractivity (Wildman–Crippen MR) is 108 cm³/mol. The summed E-state index contributed by atoms with van der Waals surface area (Å²) in [6.07, 6.45) is 6.29. The minimum Gasteiger partial charge on any atom is -0.444 e. The molecule has 2 N–H and O–H groups in total. The van der Waals surface area contributed by atoms with Gasteiger partial charge in [0.15, 0.2) is 0 Å².